The largest absolute Gasteiger partial charge is 0.386 e. The highest BCUT2D eigenvalue weighted by molar-refractivity contribution is 7.09. The number of hydrogen-bond acceptors (Lipinski definition) is 4. The predicted octanol–water partition coefficient (Wildman–Crippen LogP) is 0.771. The van der Waals surface area contributed by atoms with Gasteiger partial charge in [0.1, 0.15) is 11.1 Å². The Morgan fingerprint density at radius 2 is 2.55 bits per heavy atom. The van der Waals surface area contributed by atoms with E-state index in [-0.39, 0.29) is 5.92 Å². The molecule has 0 aromatic carbocycles. The van der Waals surface area contributed by atoms with Crippen LogP contribution in [0.4, 0.5) is 0 Å². The van der Waals surface area contributed by atoms with Gasteiger partial charge in [-0.25, -0.2) is 4.98 Å². The fourth-order valence-corrected chi connectivity index (χ4v) is 1.51. The van der Waals surface area contributed by atoms with Gasteiger partial charge < -0.3 is 10.8 Å². The standard InChI is InChI=1S/C7H12N2OS/c1-5(4-8)6(10)7-9-2-3-11-7/h2-3,5-6,10H,4,8H2,1H3. The average molecular weight is 172 g/mol. The van der Waals surface area contributed by atoms with Gasteiger partial charge in [-0.2, -0.15) is 0 Å². The molecule has 1 aromatic rings. The highest BCUT2D eigenvalue weighted by Crippen LogP contribution is 2.22. The van der Waals surface area contributed by atoms with Gasteiger partial charge in [0.25, 0.3) is 0 Å². The van der Waals surface area contributed by atoms with Crippen molar-refractivity contribution in [1.29, 1.82) is 0 Å². The number of rotatable bonds is 3. The Labute approximate surface area is 69.9 Å². The normalized spacial score (nSPS) is 16.3. The third kappa shape index (κ3) is 1.99. The summed E-state index contributed by atoms with van der Waals surface area (Å²) in [7, 11) is 0. The second kappa shape index (κ2) is 3.80. The van der Waals surface area contributed by atoms with Crippen LogP contribution in [0.15, 0.2) is 11.6 Å². The van der Waals surface area contributed by atoms with Crippen LogP contribution in [0.25, 0.3) is 0 Å². The molecule has 11 heavy (non-hydrogen) atoms. The fourth-order valence-electron chi connectivity index (χ4n) is 0.753. The summed E-state index contributed by atoms with van der Waals surface area (Å²) in [5.41, 5.74) is 5.40. The molecular formula is C7H12N2OS. The summed E-state index contributed by atoms with van der Waals surface area (Å²) in [6, 6.07) is 0. The van der Waals surface area contributed by atoms with E-state index in [1.165, 1.54) is 11.3 Å². The van der Waals surface area contributed by atoms with Crippen molar-refractivity contribution in [3.63, 3.8) is 0 Å². The number of thiazole rings is 1. The monoisotopic (exact) mass is 172 g/mol. The molecule has 2 unspecified atom stereocenters. The summed E-state index contributed by atoms with van der Waals surface area (Å²) in [5.74, 6) is 0.0844. The molecule has 0 aliphatic rings. The second-order valence-electron chi connectivity index (χ2n) is 2.53. The summed E-state index contributed by atoms with van der Waals surface area (Å²) >= 11 is 1.46. The van der Waals surface area contributed by atoms with Crippen LogP contribution in [0.1, 0.15) is 18.0 Å². The van der Waals surface area contributed by atoms with Crippen molar-refractivity contribution < 1.29 is 5.11 Å². The van der Waals surface area contributed by atoms with E-state index in [1.54, 1.807) is 6.20 Å². The van der Waals surface area contributed by atoms with Crippen LogP contribution in [0.5, 0.6) is 0 Å². The molecule has 1 rings (SSSR count). The minimum Gasteiger partial charge on any atom is -0.386 e. The average Bonchev–Trinajstić information content (AvgIpc) is 2.53. The molecule has 1 heterocycles. The zero-order valence-electron chi connectivity index (χ0n) is 6.40. The topological polar surface area (TPSA) is 59.1 Å². The molecule has 0 aliphatic heterocycles. The van der Waals surface area contributed by atoms with Gasteiger partial charge in [0, 0.05) is 17.5 Å². The first kappa shape index (κ1) is 8.64. The van der Waals surface area contributed by atoms with Crippen LogP contribution < -0.4 is 5.73 Å². The molecule has 0 saturated heterocycles. The van der Waals surface area contributed by atoms with Crippen molar-refractivity contribution >= 4 is 11.3 Å². The van der Waals surface area contributed by atoms with Crippen LogP contribution in [-0.2, 0) is 0 Å². The van der Waals surface area contributed by atoms with E-state index in [0.29, 0.717) is 6.54 Å². The SMILES string of the molecule is CC(CN)C(O)c1nccs1. The smallest absolute Gasteiger partial charge is 0.121 e. The summed E-state index contributed by atoms with van der Waals surface area (Å²) in [4.78, 5) is 4.00. The minimum absolute atomic E-state index is 0.0844. The van der Waals surface area contributed by atoms with E-state index in [4.69, 9.17) is 5.73 Å². The molecule has 4 heteroatoms. The number of nitrogens with two attached hydrogens (primary N) is 1. The molecule has 62 valence electrons. The molecule has 0 radical (unpaired) electrons. The number of aliphatic hydroxyl groups is 1. The lowest BCUT2D eigenvalue weighted by Crippen LogP contribution is -2.18. The maximum atomic E-state index is 9.55. The van der Waals surface area contributed by atoms with Gasteiger partial charge in [-0.15, -0.1) is 11.3 Å². The lowest BCUT2D eigenvalue weighted by atomic mass is 10.1. The molecule has 1 aromatic heterocycles. The number of aromatic nitrogens is 1. The van der Waals surface area contributed by atoms with E-state index in [2.05, 4.69) is 4.98 Å². The fraction of sp³-hybridized carbons (Fsp3) is 0.571. The van der Waals surface area contributed by atoms with Gasteiger partial charge >= 0.3 is 0 Å². The Balaban J connectivity index is 2.62. The summed E-state index contributed by atoms with van der Waals surface area (Å²) in [5, 5.41) is 12.1. The predicted molar refractivity (Wildman–Crippen MR) is 45.3 cm³/mol. The van der Waals surface area contributed by atoms with Crippen molar-refractivity contribution in [3.05, 3.63) is 16.6 Å². The second-order valence-corrected chi connectivity index (χ2v) is 3.45. The van der Waals surface area contributed by atoms with Crippen LogP contribution in [-0.4, -0.2) is 16.6 Å². The molecule has 0 aliphatic carbocycles. The van der Waals surface area contributed by atoms with Crippen LogP contribution in [0, 0.1) is 5.92 Å². The van der Waals surface area contributed by atoms with Gasteiger partial charge in [0.2, 0.25) is 0 Å². The van der Waals surface area contributed by atoms with Crippen LogP contribution in [0.2, 0.25) is 0 Å². The molecule has 0 amide bonds. The van der Waals surface area contributed by atoms with Gasteiger partial charge in [0.05, 0.1) is 0 Å². The molecule has 3 nitrogen and oxygen atoms in total. The Morgan fingerprint density at radius 3 is 3.00 bits per heavy atom. The molecule has 2 atom stereocenters. The van der Waals surface area contributed by atoms with E-state index in [1.807, 2.05) is 12.3 Å². The minimum atomic E-state index is -0.500. The Bertz CT molecular complexity index is 200. The molecule has 3 N–H and O–H groups in total. The first-order chi connectivity index (χ1) is 5.25. The first-order valence-electron chi connectivity index (χ1n) is 3.53. The summed E-state index contributed by atoms with van der Waals surface area (Å²) in [6.45, 7) is 2.40. The number of nitrogens with zero attached hydrogens (tertiary/aromatic N) is 1. The van der Waals surface area contributed by atoms with Gasteiger partial charge in [-0.3, -0.25) is 0 Å². The number of hydrogen-bond donors (Lipinski definition) is 2. The molecule has 0 spiro atoms. The van der Waals surface area contributed by atoms with Crippen LogP contribution in [0.3, 0.4) is 0 Å². The van der Waals surface area contributed by atoms with Crippen molar-refractivity contribution in [2.75, 3.05) is 6.54 Å². The van der Waals surface area contributed by atoms with Gasteiger partial charge in [-0.1, -0.05) is 6.92 Å². The third-order valence-electron chi connectivity index (χ3n) is 1.62. The van der Waals surface area contributed by atoms with E-state index >= 15 is 0 Å². The molecule has 0 bridgehead atoms. The maximum Gasteiger partial charge on any atom is 0.121 e. The van der Waals surface area contributed by atoms with Crippen molar-refractivity contribution in [3.8, 4) is 0 Å². The quantitative estimate of drug-likeness (QED) is 0.708. The molecule has 0 fully saturated rings. The summed E-state index contributed by atoms with van der Waals surface area (Å²) < 4.78 is 0. The summed E-state index contributed by atoms with van der Waals surface area (Å²) in [6.07, 6.45) is 1.19. The lowest BCUT2D eigenvalue weighted by Gasteiger charge is -2.13. The van der Waals surface area contributed by atoms with E-state index in [9.17, 15) is 5.11 Å². The van der Waals surface area contributed by atoms with Gasteiger partial charge in [0.15, 0.2) is 0 Å². The highest BCUT2D eigenvalue weighted by Gasteiger charge is 2.16. The van der Waals surface area contributed by atoms with E-state index < -0.39 is 6.10 Å². The number of aliphatic hydroxyl groups excluding tert-OH is 1. The molecular weight excluding hydrogens is 160 g/mol. The van der Waals surface area contributed by atoms with Crippen molar-refractivity contribution in [1.82, 2.24) is 4.98 Å². The zero-order chi connectivity index (χ0) is 8.27. The third-order valence-corrected chi connectivity index (χ3v) is 2.46. The first-order valence-corrected chi connectivity index (χ1v) is 4.41. The zero-order valence-corrected chi connectivity index (χ0v) is 7.21. The molecule has 0 saturated carbocycles. The van der Waals surface area contributed by atoms with Crippen LogP contribution >= 0.6 is 11.3 Å². The highest BCUT2D eigenvalue weighted by atomic mass is 32.1. The van der Waals surface area contributed by atoms with Gasteiger partial charge in [-0.05, 0) is 6.54 Å². The van der Waals surface area contributed by atoms with Crippen molar-refractivity contribution in [2.45, 2.75) is 13.0 Å². The van der Waals surface area contributed by atoms with Crippen molar-refractivity contribution in [2.24, 2.45) is 11.7 Å². The maximum absolute atomic E-state index is 9.55. The Kier molecular flexibility index (Phi) is 2.99. The van der Waals surface area contributed by atoms with E-state index in [0.717, 1.165) is 5.01 Å². The Morgan fingerprint density at radius 1 is 1.82 bits per heavy atom. The lowest BCUT2D eigenvalue weighted by molar-refractivity contribution is 0.121. The Hall–Kier alpha value is -0.450.